The Morgan fingerprint density at radius 3 is 2.76 bits per heavy atom. The third kappa shape index (κ3) is 2.75. The Labute approximate surface area is 105 Å². The summed E-state index contributed by atoms with van der Waals surface area (Å²) in [6, 6.07) is 2.94. The van der Waals surface area contributed by atoms with E-state index >= 15 is 0 Å². The molecule has 1 fully saturated rings. The van der Waals surface area contributed by atoms with Gasteiger partial charge in [0.25, 0.3) is 5.91 Å². The maximum Gasteiger partial charge on any atom is 0.272 e. The van der Waals surface area contributed by atoms with Gasteiger partial charge in [0.2, 0.25) is 0 Å². The maximum absolute atomic E-state index is 12.7. The summed E-state index contributed by atoms with van der Waals surface area (Å²) < 4.78 is 12.7. The third-order valence-electron chi connectivity index (χ3n) is 3.05. The molecule has 0 spiro atoms. The van der Waals surface area contributed by atoms with Crippen LogP contribution >= 0.6 is 11.6 Å². The van der Waals surface area contributed by atoms with Crippen LogP contribution in [0.15, 0.2) is 18.3 Å². The minimum Gasteiger partial charge on any atom is -0.333 e. The first-order valence-electron chi connectivity index (χ1n) is 5.71. The molecule has 5 heteroatoms. The Morgan fingerprint density at radius 2 is 2.29 bits per heavy atom. The van der Waals surface area contributed by atoms with Gasteiger partial charge >= 0.3 is 0 Å². The molecule has 1 amide bonds. The Balaban J connectivity index is 2.12. The van der Waals surface area contributed by atoms with Crippen LogP contribution in [0.4, 0.5) is 4.39 Å². The normalized spacial score (nSPS) is 15.4. The summed E-state index contributed by atoms with van der Waals surface area (Å²) in [6.45, 7) is 0.518. The minimum absolute atomic E-state index is 0.157. The summed E-state index contributed by atoms with van der Waals surface area (Å²) in [4.78, 5) is 17.7. The number of halogens is 2. The van der Waals surface area contributed by atoms with Crippen molar-refractivity contribution in [3.8, 4) is 0 Å². The van der Waals surface area contributed by atoms with E-state index in [0.29, 0.717) is 12.4 Å². The number of pyridine rings is 1. The van der Waals surface area contributed by atoms with Crippen molar-refractivity contribution in [2.24, 2.45) is 0 Å². The lowest BCUT2D eigenvalue weighted by atomic mass is 9.91. The molecule has 2 rings (SSSR count). The molecule has 0 aliphatic heterocycles. The van der Waals surface area contributed by atoms with Gasteiger partial charge < -0.3 is 4.90 Å². The first kappa shape index (κ1) is 12.3. The lowest BCUT2D eigenvalue weighted by Crippen LogP contribution is -2.45. The fraction of sp³-hybridized carbons (Fsp3) is 0.500. The fourth-order valence-corrected chi connectivity index (χ4v) is 2.07. The first-order chi connectivity index (χ1) is 8.22. The molecule has 1 heterocycles. The molecule has 0 bridgehead atoms. The van der Waals surface area contributed by atoms with Crippen molar-refractivity contribution in [3.63, 3.8) is 0 Å². The van der Waals surface area contributed by atoms with E-state index in [2.05, 4.69) is 4.98 Å². The molecule has 1 saturated carbocycles. The van der Waals surface area contributed by atoms with E-state index < -0.39 is 5.82 Å². The van der Waals surface area contributed by atoms with Crippen LogP contribution in [0.1, 0.15) is 29.8 Å². The average Bonchev–Trinajstić information content (AvgIpc) is 2.26. The molecular formula is C12H14ClFN2O. The Bertz CT molecular complexity index is 392. The van der Waals surface area contributed by atoms with Crippen LogP contribution < -0.4 is 0 Å². The average molecular weight is 257 g/mol. The first-order valence-corrected chi connectivity index (χ1v) is 6.24. The van der Waals surface area contributed by atoms with Crippen molar-refractivity contribution in [2.75, 3.05) is 12.4 Å². The van der Waals surface area contributed by atoms with Crippen LogP contribution in [-0.4, -0.2) is 34.3 Å². The molecule has 1 aromatic rings. The van der Waals surface area contributed by atoms with Gasteiger partial charge in [0, 0.05) is 18.5 Å². The summed E-state index contributed by atoms with van der Waals surface area (Å²) in [6.07, 6.45) is 4.24. The summed E-state index contributed by atoms with van der Waals surface area (Å²) in [5, 5.41) is 0. The number of nitrogens with zero attached hydrogens (tertiary/aromatic N) is 2. The highest BCUT2D eigenvalue weighted by Crippen LogP contribution is 2.25. The van der Waals surface area contributed by atoms with Crippen molar-refractivity contribution in [3.05, 3.63) is 29.8 Å². The van der Waals surface area contributed by atoms with E-state index in [0.717, 1.165) is 25.5 Å². The Hall–Kier alpha value is -1.16. The molecule has 1 aliphatic carbocycles. The van der Waals surface area contributed by atoms with Gasteiger partial charge in [-0.15, -0.1) is 11.6 Å². The number of carbonyl (C=O) groups excluding carboxylic acids is 1. The molecule has 0 unspecified atom stereocenters. The zero-order valence-corrected chi connectivity index (χ0v) is 10.2. The molecular weight excluding hydrogens is 243 g/mol. The number of hydrogen-bond donors (Lipinski definition) is 0. The number of alkyl halides is 1. The molecule has 1 aromatic heterocycles. The molecule has 3 nitrogen and oxygen atoms in total. The summed E-state index contributed by atoms with van der Waals surface area (Å²) in [5.41, 5.74) is 0.281. The van der Waals surface area contributed by atoms with Crippen LogP contribution in [0, 0.1) is 5.82 Å². The number of amides is 1. The van der Waals surface area contributed by atoms with E-state index in [1.807, 2.05) is 0 Å². The van der Waals surface area contributed by atoms with Gasteiger partial charge in [-0.1, -0.05) is 0 Å². The van der Waals surface area contributed by atoms with Gasteiger partial charge in [-0.25, -0.2) is 9.37 Å². The highest BCUT2D eigenvalue weighted by molar-refractivity contribution is 6.18. The van der Waals surface area contributed by atoms with Gasteiger partial charge in [-0.3, -0.25) is 4.79 Å². The number of hydrogen-bond acceptors (Lipinski definition) is 2. The molecule has 0 saturated heterocycles. The van der Waals surface area contributed by atoms with Crippen molar-refractivity contribution >= 4 is 17.5 Å². The quantitative estimate of drug-likeness (QED) is 0.776. The third-order valence-corrected chi connectivity index (χ3v) is 3.22. The molecule has 0 radical (unpaired) electrons. The number of aromatic nitrogens is 1. The monoisotopic (exact) mass is 256 g/mol. The zero-order chi connectivity index (χ0) is 12.3. The van der Waals surface area contributed by atoms with Crippen LogP contribution in [0.3, 0.4) is 0 Å². The van der Waals surface area contributed by atoms with Crippen LogP contribution in [0.25, 0.3) is 0 Å². The van der Waals surface area contributed by atoms with Crippen LogP contribution in [0.5, 0.6) is 0 Å². The maximum atomic E-state index is 12.7. The SMILES string of the molecule is O=C(c1ccc(F)cn1)N(CCCl)C1CCC1. The number of rotatable bonds is 4. The van der Waals surface area contributed by atoms with Crippen molar-refractivity contribution in [1.29, 1.82) is 0 Å². The van der Waals surface area contributed by atoms with Crippen molar-refractivity contribution in [2.45, 2.75) is 25.3 Å². The number of carbonyl (C=O) groups is 1. The lowest BCUT2D eigenvalue weighted by molar-refractivity contribution is 0.0592. The second-order valence-corrected chi connectivity index (χ2v) is 4.51. The second-order valence-electron chi connectivity index (χ2n) is 4.13. The Kier molecular flexibility index (Phi) is 3.94. The fourth-order valence-electron chi connectivity index (χ4n) is 1.89. The summed E-state index contributed by atoms with van der Waals surface area (Å²) >= 11 is 5.70. The molecule has 92 valence electrons. The van der Waals surface area contributed by atoms with Crippen molar-refractivity contribution in [1.82, 2.24) is 9.88 Å². The molecule has 0 aromatic carbocycles. The zero-order valence-electron chi connectivity index (χ0n) is 9.40. The van der Waals surface area contributed by atoms with E-state index in [1.165, 1.54) is 12.1 Å². The van der Waals surface area contributed by atoms with E-state index in [-0.39, 0.29) is 17.6 Å². The van der Waals surface area contributed by atoms with E-state index in [4.69, 9.17) is 11.6 Å². The van der Waals surface area contributed by atoms with E-state index in [1.54, 1.807) is 4.90 Å². The molecule has 1 aliphatic rings. The second kappa shape index (κ2) is 5.45. The summed E-state index contributed by atoms with van der Waals surface area (Å²) in [5.74, 6) is -0.187. The molecule has 17 heavy (non-hydrogen) atoms. The van der Waals surface area contributed by atoms with Gasteiger partial charge in [-0.2, -0.15) is 0 Å². The minimum atomic E-state index is -0.436. The molecule has 0 atom stereocenters. The van der Waals surface area contributed by atoms with Gasteiger partial charge in [0.1, 0.15) is 11.5 Å². The predicted octanol–water partition coefficient (Wildman–Crippen LogP) is 2.45. The predicted molar refractivity (Wildman–Crippen MR) is 63.6 cm³/mol. The Morgan fingerprint density at radius 1 is 1.53 bits per heavy atom. The van der Waals surface area contributed by atoms with Gasteiger partial charge in [0.05, 0.1) is 6.20 Å². The van der Waals surface area contributed by atoms with Crippen LogP contribution in [0.2, 0.25) is 0 Å². The van der Waals surface area contributed by atoms with E-state index in [9.17, 15) is 9.18 Å². The smallest absolute Gasteiger partial charge is 0.272 e. The molecule has 0 N–H and O–H groups in total. The van der Waals surface area contributed by atoms with Gasteiger partial charge in [0.15, 0.2) is 0 Å². The highest BCUT2D eigenvalue weighted by atomic mass is 35.5. The summed E-state index contributed by atoms with van der Waals surface area (Å²) in [7, 11) is 0. The van der Waals surface area contributed by atoms with Crippen LogP contribution in [-0.2, 0) is 0 Å². The van der Waals surface area contributed by atoms with Gasteiger partial charge in [-0.05, 0) is 31.4 Å². The standard InChI is InChI=1S/C12H14ClFN2O/c13-6-7-16(10-2-1-3-10)12(17)11-5-4-9(14)8-15-11/h4-5,8,10H,1-3,6-7H2. The largest absolute Gasteiger partial charge is 0.333 e. The van der Waals surface area contributed by atoms with Crippen molar-refractivity contribution < 1.29 is 9.18 Å². The topological polar surface area (TPSA) is 33.2 Å². The lowest BCUT2D eigenvalue weighted by Gasteiger charge is -2.37. The highest BCUT2D eigenvalue weighted by Gasteiger charge is 2.29.